The number of aliphatic hydroxyl groups excluding tert-OH is 1. The van der Waals surface area contributed by atoms with Gasteiger partial charge in [-0.2, -0.15) is 0 Å². The quantitative estimate of drug-likeness (QED) is 0.795. The van der Waals surface area contributed by atoms with Crippen LogP contribution >= 0.6 is 0 Å². The third-order valence-electron chi connectivity index (χ3n) is 4.40. The minimum Gasteiger partial charge on any atom is -0.389 e. The van der Waals surface area contributed by atoms with E-state index in [1.807, 2.05) is 0 Å². The largest absolute Gasteiger partial charge is 0.389 e. The van der Waals surface area contributed by atoms with E-state index in [-0.39, 0.29) is 11.6 Å². The normalized spacial score (nSPS) is 28.1. The van der Waals surface area contributed by atoms with Gasteiger partial charge in [0.25, 0.3) is 0 Å². The van der Waals surface area contributed by atoms with Crippen LogP contribution in [0.1, 0.15) is 44.9 Å². The molecule has 0 amide bonds. The minimum absolute atomic E-state index is 0.0381. The highest BCUT2D eigenvalue weighted by Crippen LogP contribution is 2.39. The van der Waals surface area contributed by atoms with Crippen molar-refractivity contribution in [2.24, 2.45) is 0 Å². The number of likely N-dealkylation sites (tertiary alicyclic amines) is 1. The Kier molecular flexibility index (Phi) is 4.22. The molecule has 1 aliphatic carbocycles. The monoisotopic (exact) mass is 227 g/mol. The highest BCUT2D eigenvalue weighted by Gasteiger charge is 2.45. The Morgan fingerprint density at radius 1 is 1.12 bits per heavy atom. The number of piperidine rings is 1. The molecule has 1 heterocycles. The van der Waals surface area contributed by atoms with Gasteiger partial charge in [0.2, 0.25) is 0 Å². The molecule has 1 aliphatic heterocycles. The fraction of sp³-hybridized carbons (Fsp3) is 1.00. The third-order valence-corrected chi connectivity index (χ3v) is 4.40. The van der Waals surface area contributed by atoms with Crippen LogP contribution in [0.25, 0.3) is 0 Å². The van der Waals surface area contributed by atoms with Crippen LogP contribution in [0.2, 0.25) is 0 Å². The highest BCUT2D eigenvalue weighted by atomic mass is 16.5. The molecule has 1 saturated carbocycles. The molecule has 0 radical (unpaired) electrons. The first kappa shape index (κ1) is 12.3. The average molecular weight is 227 g/mol. The van der Waals surface area contributed by atoms with Crippen molar-refractivity contribution >= 4 is 0 Å². The molecule has 0 spiro atoms. The second-order valence-electron chi connectivity index (χ2n) is 5.33. The summed E-state index contributed by atoms with van der Waals surface area (Å²) in [4.78, 5) is 2.55. The lowest BCUT2D eigenvalue weighted by Crippen LogP contribution is -2.57. The van der Waals surface area contributed by atoms with Gasteiger partial charge in [0.1, 0.15) is 0 Å². The van der Waals surface area contributed by atoms with E-state index in [9.17, 15) is 5.11 Å². The van der Waals surface area contributed by atoms with Crippen LogP contribution in [0, 0.1) is 0 Å². The smallest absolute Gasteiger partial charge is 0.0956 e. The number of rotatable bonds is 4. The zero-order chi connectivity index (χ0) is 11.4. The fourth-order valence-corrected chi connectivity index (χ4v) is 3.50. The van der Waals surface area contributed by atoms with Crippen molar-refractivity contribution in [2.75, 3.05) is 26.8 Å². The van der Waals surface area contributed by atoms with E-state index in [0.717, 1.165) is 12.8 Å². The summed E-state index contributed by atoms with van der Waals surface area (Å²) in [6, 6.07) is 0. The van der Waals surface area contributed by atoms with Crippen LogP contribution in [0.4, 0.5) is 0 Å². The Hall–Kier alpha value is -0.120. The summed E-state index contributed by atoms with van der Waals surface area (Å²) in [6.07, 6.45) is 8.46. The number of methoxy groups -OCH3 is 1. The minimum atomic E-state index is -0.307. The van der Waals surface area contributed by atoms with Gasteiger partial charge in [-0.25, -0.2) is 0 Å². The molecule has 0 aromatic heterocycles. The molecule has 1 atom stereocenters. The molecule has 0 bridgehead atoms. The van der Waals surface area contributed by atoms with Crippen molar-refractivity contribution in [1.82, 2.24) is 4.90 Å². The summed E-state index contributed by atoms with van der Waals surface area (Å²) in [5, 5.41) is 10.4. The second-order valence-corrected chi connectivity index (χ2v) is 5.33. The Labute approximate surface area is 98.8 Å². The van der Waals surface area contributed by atoms with E-state index < -0.39 is 0 Å². The molecular formula is C13H25NO2. The van der Waals surface area contributed by atoms with E-state index in [2.05, 4.69) is 4.90 Å². The standard InChI is InChI=1S/C13H25NO2/c1-16-11-12(15)13(7-3-4-8-13)14-9-5-2-6-10-14/h12,15H,2-11H2,1H3. The van der Waals surface area contributed by atoms with Gasteiger partial charge in [0, 0.05) is 12.6 Å². The molecule has 2 aliphatic rings. The summed E-state index contributed by atoms with van der Waals surface area (Å²) in [6.45, 7) is 2.82. The summed E-state index contributed by atoms with van der Waals surface area (Å²) in [5.74, 6) is 0. The molecule has 3 nitrogen and oxygen atoms in total. The van der Waals surface area contributed by atoms with E-state index in [1.54, 1.807) is 7.11 Å². The van der Waals surface area contributed by atoms with Gasteiger partial charge in [-0.1, -0.05) is 19.3 Å². The lowest BCUT2D eigenvalue weighted by Gasteiger charge is -2.46. The van der Waals surface area contributed by atoms with Gasteiger partial charge in [0.15, 0.2) is 0 Å². The molecule has 16 heavy (non-hydrogen) atoms. The summed E-state index contributed by atoms with van der Waals surface area (Å²) < 4.78 is 5.16. The SMILES string of the molecule is COCC(O)C1(N2CCCCC2)CCCC1. The van der Waals surface area contributed by atoms with Crippen LogP contribution in [0.5, 0.6) is 0 Å². The van der Waals surface area contributed by atoms with Crippen molar-refractivity contribution in [3.05, 3.63) is 0 Å². The number of ether oxygens (including phenoxy) is 1. The van der Waals surface area contributed by atoms with Crippen LogP contribution in [-0.4, -0.2) is 48.5 Å². The van der Waals surface area contributed by atoms with Gasteiger partial charge >= 0.3 is 0 Å². The van der Waals surface area contributed by atoms with Crippen molar-refractivity contribution in [3.63, 3.8) is 0 Å². The predicted octanol–water partition coefficient (Wildman–Crippen LogP) is 1.79. The maximum Gasteiger partial charge on any atom is 0.0956 e. The highest BCUT2D eigenvalue weighted by molar-refractivity contribution is 5.01. The second kappa shape index (κ2) is 5.48. The Balaban J connectivity index is 2.07. The van der Waals surface area contributed by atoms with Gasteiger partial charge in [-0.05, 0) is 38.8 Å². The predicted molar refractivity (Wildman–Crippen MR) is 64.5 cm³/mol. The van der Waals surface area contributed by atoms with E-state index in [0.29, 0.717) is 6.61 Å². The van der Waals surface area contributed by atoms with Crippen molar-refractivity contribution < 1.29 is 9.84 Å². The van der Waals surface area contributed by atoms with Crippen molar-refractivity contribution in [2.45, 2.75) is 56.6 Å². The molecule has 1 N–H and O–H groups in total. The number of hydrogen-bond donors (Lipinski definition) is 1. The van der Waals surface area contributed by atoms with E-state index in [1.165, 1.54) is 45.2 Å². The molecule has 3 heteroatoms. The average Bonchev–Trinajstić information content (AvgIpc) is 2.81. The van der Waals surface area contributed by atoms with Crippen molar-refractivity contribution in [3.8, 4) is 0 Å². The Morgan fingerprint density at radius 2 is 1.75 bits per heavy atom. The molecule has 94 valence electrons. The maximum atomic E-state index is 10.4. The fourth-order valence-electron chi connectivity index (χ4n) is 3.50. The lowest BCUT2D eigenvalue weighted by molar-refractivity contribution is -0.0690. The first-order valence-electron chi connectivity index (χ1n) is 6.72. The van der Waals surface area contributed by atoms with Crippen LogP contribution in [0.15, 0.2) is 0 Å². The first-order valence-corrected chi connectivity index (χ1v) is 6.72. The molecule has 2 rings (SSSR count). The molecular weight excluding hydrogens is 202 g/mol. The summed E-state index contributed by atoms with van der Waals surface area (Å²) >= 11 is 0. The number of hydrogen-bond acceptors (Lipinski definition) is 3. The first-order chi connectivity index (χ1) is 7.79. The number of aliphatic hydroxyl groups is 1. The molecule has 0 aromatic carbocycles. The lowest BCUT2D eigenvalue weighted by atomic mass is 9.86. The molecule has 1 saturated heterocycles. The Morgan fingerprint density at radius 3 is 2.31 bits per heavy atom. The van der Waals surface area contributed by atoms with Crippen LogP contribution < -0.4 is 0 Å². The van der Waals surface area contributed by atoms with Gasteiger partial charge in [-0.3, -0.25) is 4.90 Å². The zero-order valence-corrected chi connectivity index (χ0v) is 10.5. The van der Waals surface area contributed by atoms with Crippen molar-refractivity contribution in [1.29, 1.82) is 0 Å². The van der Waals surface area contributed by atoms with E-state index in [4.69, 9.17) is 4.74 Å². The van der Waals surface area contributed by atoms with Crippen LogP contribution in [-0.2, 0) is 4.74 Å². The van der Waals surface area contributed by atoms with Gasteiger partial charge in [0.05, 0.1) is 12.7 Å². The van der Waals surface area contributed by atoms with Crippen LogP contribution in [0.3, 0.4) is 0 Å². The van der Waals surface area contributed by atoms with Gasteiger partial charge < -0.3 is 9.84 Å². The van der Waals surface area contributed by atoms with Gasteiger partial charge in [-0.15, -0.1) is 0 Å². The molecule has 2 fully saturated rings. The topological polar surface area (TPSA) is 32.7 Å². The molecule has 1 unspecified atom stereocenters. The Bertz CT molecular complexity index is 208. The maximum absolute atomic E-state index is 10.4. The summed E-state index contributed by atoms with van der Waals surface area (Å²) in [5.41, 5.74) is 0.0381. The third kappa shape index (κ3) is 2.27. The molecule has 0 aromatic rings. The van der Waals surface area contributed by atoms with E-state index >= 15 is 0 Å². The zero-order valence-electron chi connectivity index (χ0n) is 10.5. The number of nitrogens with zero attached hydrogens (tertiary/aromatic N) is 1. The summed E-state index contributed by atoms with van der Waals surface area (Å²) in [7, 11) is 1.68.